The van der Waals surface area contributed by atoms with Crippen LogP contribution in [0.5, 0.6) is 0 Å². The topological polar surface area (TPSA) is 49.8 Å². The SMILES string of the molecule is CNc1cc(Nc2cc(Br)ccc2C)nc(C(C)(C)C)n1. The first-order valence-corrected chi connectivity index (χ1v) is 7.69. The number of halogens is 1. The summed E-state index contributed by atoms with van der Waals surface area (Å²) in [5, 5.41) is 6.47. The maximum atomic E-state index is 4.64. The molecule has 0 fully saturated rings. The zero-order chi connectivity index (χ0) is 15.6. The summed E-state index contributed by atoms with van der Waals surface area (Å²) in [6.45, 7) is 8.39. The monoisotopic (exact) mass is 348 g/mol. The van der Waals surface area contributed by atoms with Gasteiger partial charge >= 0.3 is 0 Å². The third-order valence-electron chi connectivity index (χ3n) is 3.12. The van der Waals surface area contributed by atoms with E-state index in [0.29, 0.717) is 0 Å². The van der Waals surface area contributed by atoms with Gasteiger partial charge in [0.25, 0.3) is 0 Å². The second-order valence-electron chi connectivity index (χ2n) is 6.05. The number of aromatic nitrogens is 2. The summed E-state index contributed by atoms with van der Waals surface area (Å²) in [4.78, 5) is 9.17. The van der Waals surface area contributed by atoms with Crippen molar-refractivity contribution >= 4 is 33.3 Å². The van der Waals surface area contributed by atoms with Crippen molar-refractivity contribution in [1.82, 2.24) is 9.97 Å². The van der Waals surface area contributed by atoms with Gasteiger partial charge < -0.3 is 10.6 Å². The van der Waals surface area contributed by atoms with Gasteiger partial charge in [0.1, 0.15) is 17.5 Å². The van der Waals surface area contributed by atoms with Crippen molar-refractivity contribution < 1.29 is 0 Å². The lowest BCUT2D eigenvalue weighted by molar-refractivity contribution is 0.547. The van der Waals surface area contributed by atoms with E-state index in [2.05, 4.69) is 70.3 Å². The lowest BCUT2D eigenvalue weighted by atomic mass is 9.96. The van der Waals surface area contributed by atoms with Crippen molar-refractivity contribution in [3.05, 3.63) is 40.1 Å². The van der Waals surface area contributed by atoms with Gasteiger partial charge in [0.15, 0.2) is 0 Å². The lowest BCUT2D eigenvalue weighted by Gasteiger charge is -2.19. The summed E-state index contributed by atoms with van der Waals surface area (Å²) in [6, 6.07) is 8.06. The number of hydrogen-bond donors (Lipinski definition) is 2. The predicted molar refractivity (Wildman–Crippen MR) is 92.4 cm³/mol. The van der Waals surface area contributed by atoms with Gasteiger partial charge in [0.2, 0.25) is 0 Å². The van der Waals surface area contributed by atoms with Crippen LogP contribution in [0.25, 0.3) is 0 Å². The molecular formula is C16H21BrN4. The predicted octanol–water partition coefficient (Wildman–Crippen LogP) is 4.63. The first kappa shape index (κ1) is 15.8. The van der Waals surface area contributed by atoms with Crippen LogP contribution < -0.4 is 10.6 Å². The molecule has 4 nitrogen and oxygen atoms in total. The smallest absolute Gasteiger partial charge is 0.138 e. The number of rotatable bonds is 3. The standard InChI is InChI=1S/C16H21BrN4/c1-10-6-7-11(17)8-12(10)19-14-9-13(18-5)20-15(21-14)16(2,3)4/h6-9H,1-5H3,(H2,18,19,20,21). The molecule has 0 bridgehead atoms. The normalized spacial score (nSPS) is 11.3. The molecule has 2 aromatic rings. The van der Waals surface area contributed by atoms with Crippen LogP contribution in [0.15, 0.2) is 28.7 Å². The van der Waals surface area contributed by atoms with Gasteiger partial charge in [-0.15, -0.1) is 0 Å². The molecule has 0 radical (unpaired) electrons. The molecule has 0 amide bonds. The summed E-state index contributed by atoms with van der Waals surface area (Å²) in [5.74, 6) is 2.41. The summed E-state index contributed by atoms with van der Waals surface area (Å²) in [5.41, 5.74) is 2.10. The van der Waals surface area contributed by atoms with E-state index in [0.717, 1.165) is 27.6 Å². The minimum atomic E-state index is -0.102. The van der Waals surface area contributed by atoms with Crippen LogP contribution in [-0.2, 0) is 5.41 Å². The maximum absolute atomic E-state index is 4.64. The number of nitrogens with zero attached hydrogens (tertiary/aromatic N) is 2. The van der Waals surface area contributed by atoms with Crippen LogP contribution in [-0.4, -0.2) is 17.0 Å². The third-order valence-corrected chi connectivity index (χ3v) is 3.61. The molecule has 2 rings (SSSR count). The van der Waals surface area contributed by atoms with E-state index in [9.17, 15) is 0 Å². The molecule has 1 heterocycles. The molecule has 2 N–H and O–H groups in total. The van der Waals surface area contributed by atoms with Gasteiger partial charge in [-0.1, -0.05) is 42.8 Å². The Hall–Kier alpha value is -1.62. The van der Waals surface area contributed by atoms with E-state index in [1.54, 1.807) is 0 Å². The highest BCUT2D eigenvalue weighted by Gasteiger charge is 2.19. The Labute approximate surface area is 134 Å². The molecule has 1 aromatic heterocycles. The van der Waals surface area contributed by atoms with Gasteiger partial charge in [-0.05, 0) is 24.6 Å². The molecule has 5 heteroatoms. The van der Waals surface area contributed by atoms with Gasteiger partial charge in [0, 0.05) is 28.7 Å². The Balaban J connectivity index is 2.42. The highest BCUT2D eigenvalue weighted by molar-refractivity contribution is 9.10. The average Bonchev–Trinajstić information content (AvgIpc) is 2.41. The molecule has 0 aliphatic heterocycles. The molecule has 1 aromatic carbocycles. The van der Waals surface area contributed by atoms with Crippen molar-refractivity contribution in [3.63, 3.8) is 0 Å². The molecule has 0 aliphatic rings. The zero-order valence-electron chi connectivity index (χ0n) is 13.1. The number of aryl methyl sites for hydroxylation is 1. The molecule has 21 heavy (non-hydrogen) atoms. The van der Waals surface area contributed by atoms with E-state index >= 15 is 0 Å². The van der Waals surface area contributed by atoms with Gasteiger partial charge in [-0.25, -0.2) is 9.97 Å². The van der Waals surface area contributed by atoms with Crippen molar-refractivity contribution in [2.24, 2.45) is 0 Å². The Morgan fingerprint density at radius 2 is 1.71 bits per heavy atom. The fourth-order valence-electron chi connectivity index (χ4n) is 1.84. The summed E-state index contributed by atoms with van der Waals surface area (Å²) < 4.78 is 1.04. The molecule has 0 saturated heterocycles. The Morgan fingerprint density at radius 1 is 1.05 bits per heavy atom. The average molecular weight is 349 g/mol. The van der Waals surface area contributed by atoms with Gasteiger partial charge in [-0.3, -0.25) is 0 Å². The van der Waals surface area contributed by atoms with E-state index in [1.165, 1.54) is 5.56 Å². The van der Waals surface area contributed by atoms with Crippen LogP contribution in [0.4, 0.5) is 17.3 Å². The molecular weight excluding hydrogens is 328 g/mol. The number of benzene rings is 1. The molecule has 0 aliphatic carbocycles. The first-order chi connectivity index (χ1) is 9.79. The maximum Gasteiger partial charge on any atom is 0.138 e. The fourth-order valence-corrected chi connectivity index (χ4v) is 2.20. The fraction of sp³-hybridized carbons (Fsp3) is 0.375. The minimum absolute atomic E-state index is 0.102. The van der Waals surface area contributed by atoms with E-state index < -0.39 is 0 Å². The second-order valence-corrected chi connectivity index (χ2v) is 6.96. The van der Waals surface area contributed by atoms with Crippen LogP contribution in [0.1, 0.15) is 32.2 Å². The summed E-state index contributed by atoms with van der Waals surface area (Å²) in [6.07, 6.45) is 0. The second kappa shape index (κ2) is 6.02. The van der Waals surface area contributed by atoms with Crippen molar-refractivity contribution in [2.75, 3.05) is 17.7 Å². The van der Waals surface area contributed by atoms with Gasteiger partial charge in [0.05, 0.1) is 0 Å². The first-order valence-electron chi connectivity index (χ1n) is 6.90. The highest BCUT2D eigenvalue weighted by Crippen LogP contribution is 2.27. The van der Waals surface area contributed by atoms with Crippen LogP contribution in [0.3, 0.4) is 0 Å². The minimum Gasteiger partial charge on any atom is -0.373 e. The quantitative estimate of drug-likeness (QED) is 0.848. The van der Waals surface area contributed by atoms with Gasteiger partial charge in [-0.2, -0.15) is 0 Å². The molecule has 112 valence electrons. The van der Waals surface area contributed by atoms with Crippen molar-refractivity contribution in [3.8, 4) is 0 Å². The number of hydrogen-bond acceptors (Lipinski definition) is 4. The lowest BCUT2D eigenvalue weighted by Crippen LogP contribution is -2.17. The Kier molecular flexibility index (Phi) is 4.52. The zero-order valence-corrected chi connectivity index (χ0v) is 14.7. The molecule has 0 saturated carbocycles. The third kappa shape index (κ3) is 3.94. The Bertz CT molecular complexity index is 647. The van der Waals surface area contributed by atoms with E-state index in [-0.39, 0.29) is 5.41 Å². The summed E-state index contributed by atoms with van der Waals surface area (Å²) >= 11 is 3.50. The van der Waals surface area contributed by atoms with Crippen molar-refractivity contribution in [2.45, 2.75) is 33.1 Å². The van der Waals surface area contributed by atoms with Crippen LogP contribution in [0.2, 0.25) is 0 Å². The summed E-state index contributed by atoms with van der Waals surface area (Å²) in [7, 11) is 1.86. The van der Waals surface area contributed by atoms with E-state index in [4.69, 9.17) is 0 Å². The van der Waals surface area contributed by atoms with Crippen LogP contribution >= 0.6 is 15.9 Å². The number of nitrogens with one attached hydrogen (secondary N) is 2. The molecule has 0 unspecified atom stereocenters. The molecule has 0 atom stereocenters. The number of anilines is 3. The van der Waals surface area contributed by atoms with Crippen molar-refractivity contribution in [1.29, 1.82) is 0 Å². The molecule has 0 spiro atoms. The van der Waals surface area contributed by atoms with E-state index in [1.807, 2.05) is 25.2 Å². The van der Waals surface area contributed by atoms with Crippen LogP contribution in [0, 0.1) is 6.92 Å². The largest absolute Gasteiger partial charge is 0.373 e. The highest BCUT2D eigenvalue weighted by atomic mass is 79.9. The Morgan fingerprint density at radius 3 is 2.33 bits per heavy atom.